The van der Waals surface area contributed by atoms with Crippen molar-refractivity contribution in [3.8, 4) is 0 Å². The lowest BCUT2D eigenvalue weighted by atomic mass is 9.68. The number of carbonyl (C=O) groups is 2. The number of allylic oxidation sites excluding steroid dienone is 2. The highest BCUT2D eigenvalue weighted by Crippen LogP contribution is 2.56. The molecule has 0 bridgehead atoms. The minimum Gasteiger partial charge on any atom is -0.295 e. The second kappa shape index (κ2) is 6.19. The van der Waals surface area contributed by atoms with E-state index in [9.17, 15) is 9.59 Å². The maximum absolute atomic E-state index is 12.5. The molecule has 1 heterocycles. The van der Waals surface area contributed by atoms with Crippen molar-refractivity contribution in [2.45, 2.75) is 65.7 Å². The van der Waals surface area contributed by atoms with E-state index in [1.165, 1.54) is 16.7 Å². The third-order valence-electron chi connectivity index (χ3n) is 6.46. The highest BCUT2D eigenvalue weighted by Gasteiger charge is 2.45. The Morgan fingerprint density at radius 2 is 2.12 bits per heavy atom. The van der Waals surface area contributed by atoms with Gasteiger partial charge >= 0.3 is 0 Å². The van der Waals surface area contributed by atoms with Crippen LogP contribution in [0.1, 0.15) is 75.2 Å². The first-order valence-electron chi connectivity index (χ1n) is 9.80. The van der Waals surface area contributed by atoms with Gasteiger partial charge in [0.1, 0.15) is 0 Å². The number of benzene rings is 1. The standard InChI is InChI=1S/C22H26N2O2/c1-4-6-7-20(26)24-18-9-8-15-16(17(18)13-23-24)12-22(5-2)11-10-19(25)14(3)21(15)22/h8-9,13H,4-7,10-12H2,1-3H3. The highest BCUT2D eigenvalue weighted by molar-refractivity contribution is 6.07. The monoisotopic (exact) mass is 350 g/mol. The molecule has 4 rings (SSSR count). The Labute approximate surface area is 154 Å². The molecule has 1 unspecified atom stereocenters. The van der Waals surface area contributed by atoms with E-state index in [1.54, 1.807) is 4.68 Å². The van der Waals surface area contributed by atoms with Crippen LogP contribution in [0.3, 0.4) is 0 Å². The first-order chi connectivity index (χ1) is 12.5. The predicted molar refractivity (Wildman–Crippen MR) is 103 cm³/mol. The number of Topliss-reactive ketones (excluding diaryl/α,β-unsaturated/α-hetero) is 1. The zero-order chi connectivity index (χ0) is 18.5. The zero-order valence-corrected chi connectivity index (χ0v) is 15.9. The van der Waals surface area contributed by atoms with Crippen LogP contribution in [0.25, 0.3) is 16.5 Å². The maximum atomic E-state index is 12.5. The van der Waals surface area contributed by atoms with Crippen molar-refractivity contribution in [3.05, 3.63) is 35.0 Å². The summed E-state index contributed by atoms with van der Waals surface area (Å²) in [5.74, 6) is 0.343. The largest absolute Gasteiger partial charge is 0.295 e. The SMILES string of the molecule is CCCCC(=O)n1ncc2c3c(ccc21)C1=C(C)C(=O)CCC1(CC)C3. The summed E-state index contributed by atoms with van der Waals surface area (Å²) in [7, 11) is 0. The average molecular weight is 350 g/mol. The van der Waals surface area contributed by atoms with Gasteiger partial charge < -0.3 is 0 Å². The minimum absolute atomic E-state index is 0.0630. The van der Waals surface area contributed by atoms with E-state index >= 15 is 0 Å². The smallest absolute Gasteiger partial charge is 0.247 e. The van der Waals surface area contributed by atoms with Crippen LogP contribution in [0.5, 0.6) is 0 Å². The molecule has 1 atom stereocenters. The van der Waals surface area contributed by atoms with Gasteiger partial charge in [-0.3, -0.25) is 9.59 Å². The Morgan fingerprint density at radius 3 is 2.85 bits per heavy atom. The molecule has 136 valence electrons. The number of carbonyl (C=O) groups excluding carboxylic acids is 2. The van der Waals surface area contributed by atoms with Gasteiger partial charge in [0.15, 0.2) is 5.78 Å². The van der Waals surface area contributed by atoms with E-state index in [4.69, 9.17) is 0 Å². The van der Waals surface area contributed by atoms with Crippen molar-refractivity contribution < 1.29 is 9.59 Å². The number of nitrogens with zero attached hydrogens (tertiary/aromatic N) is 2. The molecule has 0 N–H and O–H groups in total. The molecule has 4 nitrogen and oxygen atoms in total. The first-order valence-corrected chi connectivity index (χ1v) is 9.80. The van der Waals surface area contributed by atoms with Crippen molar-refractivity contribution in [2.24, 2.45) is 5.41 Å². The molecular formula is C22H26N2O2. The number of ketones is 1. The molecular weight excluding hydrogens is 324 g/mol. The van der Waals surface area contributed by atoms with Crippen molar-refractivity contribution in [3.63, 3.8) is 0 Å². The topological polar surface area (TPSA) is 52.0 Å². The molecule has 1 aromatic carbocycles. The molecule has 4 heteroatoms. The van der Waals surface area contributed by atoms with Gasteiger partial charge in [-0.25, -0.2) is 4.68 Å². The fourth-order valence-corrected chi connectivity index (χ4v) is 4.90. The van der Waals surface area contributed by atoms with Crippen LogP contribution < -0.4 is 0 Å². The van der Waals surface area contributed by atoms with E-state index < -0.39 is 0 Å². The maximum Gasteiger partial charge on any atom is 0.247 e. The summed E-state index contributed by atoms with van der Waals surface area (Å²) in [5.41, 5.74) is 5.62. The van der Waals surface area contributed by atoms with Crippen molar-refractivity contribution >= 4 is 28.2 Å². The third kappa shape index (κ3) is 2.31. The lowest BCUT2D eigenvalue weighted by Crippen LogP contribution is -2.27. The second-order valence-electron chi connectivity index (χ2n) is 7.81. The Kier molecular flexibility index (Phi) is 4.09. The Bertz CT molecular complexity index is 950. The molecule has 1 aromatic heterocycles. The van der Waals surface area contributed by atoms with Gasteiger partial charge in [0.25, 0.3) is 0 Å². The highest BCUT2D eigenvalue weighted by atomic mass is 16.2. The van der Waals surface area contributed by atoms with Gasteiger partial charge in [-0.2, -0.15) is 5.10 Å². The summed E-state index contributed by atoms with van der Waals surface area (Å²) >= 11 is 0. The van der Waals surface area contributed by atoms with Crippen molar-refractivity contribution in [1.82, 2.24) is 9.78 Å². The van der Waals surface area contributed by atoms with Crippen molar-refractivity contribution in [2.75, 3.05) is 0 Å². The van der Waals surface area contributed by atoms with Crippen LogP contribution in [0.15, 0.2) is 23.9 Å². The number of aromatic nitrogens is 2. The molecule has 0 amide bonds. The molecule has 0 spiro atoms. The summed E-state index contributed by atoms with van der Waals surface area (Å²) in [4.78, 5) is 24.8. The molecule has 0 aliphatic heterocycles. The Hall–Kier alpha value is -2.23. The van der Waals surface area contributed by atoms with Crippen LogP contribution in [0.4, 0.5) is 0 Å². The zero-order valence-electron chi connectivity index (χ0n) is 15.9. The van der Waals surface area contributed by atoms with Gasteiger partial charge in [0, 0.05) is 23.6 Å². The van der Waals surface area contributed by atoms with Gasteiger partial charge in [-0.1, -0.05) is 26.3 Å². The Morgan fingerprint density at radius 1 is 1.31 bits per heavy atom. The number of hydrogen-bond donors (Lipinski definition) is 0. The number of fused-ring (bicyclic) bond motifs is 5. The van der Waals surface area contributed by atoms with E-state index in [0.29, 0.717) is 12.8 Å². The molecule has 26 heavy (non-hydrogen) atoms. The molecule has 2 aliphatic carbocycles. The van der Waals surface area contributed by atoms with E-state index in [1.807, 2.05) is 19.2 Å². The fourth-order valence-electron chi connectivity index (χ4n) is 4.90. The predicted octanol–water partition coefficient (Wildman–Crippen LogP) is 4.96. The van der Waals surface area contributed by atoms with Gasteiger partial charge in [0.2, 0.25) is 5.91 Å². The number of hydrogen-bond acceptors (Lipinski definition) is 3. The lowest BCUT2D eigenvalue weighted by Gasteiger charge is -2.34. The van der Waals surface area contributed by atoms with Crippen LogP contribution >= 0.6 is 0 Å². The quantitative estimate of drug-likeness (QED) is 0.783. The fraction of sp³-hybridized carbons (Fsp3) is 0.500. The Balaban J connectivity index is 1.87. The summed E-state index contributed by atoms with van der Waals surface area (Å²) in [6.07, 6.45) is 7.82. The van der Waals surface area contributed by atoms with Crippen LogP contribution in [-0.2, 0) is 11.2 Å². The summed E-state index contributed by atoms with van der Waals surface area (Å²) in [6, 6.07) is 4.12. The number of unbranched alkanes of at least 4 members (excludes halogenated alkanes) is 1. The summed E-state index contributed by atoms with van der Waals surface area (Å²) in [6.45, 7) is 6.30. The molecule has 0 fully saturated rings. The van der Waals surface area contributed by atoms with Gasteiger partial charge in [-0.05, 0) is 60.9 Å². The van der Waals surface area contributed by atoms with E-state index in [0.717, 1.165) is 48.6 Å². The molecule has 2 aromatic rings. The summed E-state index contributed by atoms with van der Waals surface area (Å²) < 4.78 is 1.57. The van der Waals surface area contributed by atoms with E-state index in [2.05, 4.69) is 25.0 Å². The minimum atomic E-state index is 0.0630. The van der Waals surface area contributed by atoms with Crippen LogP contribution in [-0.4, -0.2) is 21.5 Å². The normalized spacial score (nSPS) is 22.0. The van der Waals surface area contributed by atoms with Crippen molar-refractivity contribution in [1.29, 1.82) is 0 Å². The van der Waals surface area contributed by atoms with Crippen LogP contribution in [0, 0.1) is 5.41 Å². The number of rotatable bonds is 4. The molecule has 2 aliphatic rings. The molecule has 0 saturated heterocycles. The first kappa shape index (κ1) is 17.2. The van der Waals surface area contributed by atoms with Crippen LogP contribution in [0.2, 0.25) is 0 Å². The molecule has 0 radical (unpaired) electrons. The molecule has 0 saturated carbocycles. The van der Waals surface area contributed by atoms with Gasteiger partial charge in [0.05, 0.1) is 11.7 Å². The average Bonchev–Trinajstić information content (AvgIpc) is 3.22. The van der Waals surface area contributed by atoms with E-state index in [-0.39, 0.29) is 17.1 Å². The second-order valence-corrected chi connectivity index (χ2v) is 7.81. The lowest BCUT2D eigenvalue weighted by molar-refractivity contribution is -0.116. The third-order valence-corrected chi connectivity index (χ3v) is 6.46. The van der Waals surface area contributed by atoms with Gasteiger partial charge in [-0.15, -0.1) is 0 Å². The summed E-state index contributed by atoms with van der Waals surface area (Å²) in [5, 5.41) is 5.48.